The Balaban J connectivity index is 1.71. The van der Waals surface area contributed by atoms with Gasteiger partial charge in [-0.3, -0.25) is 4.79 Å². The van der Waals surface area contributed by atoms with Gasteiger partial charge in [0.15, 0.2) is 5.01 Å². The van der Waals surface area contributed by atoms with Crippen LogP contribution in [0.25, 0.3) is 10.4 Å². The van der Waals surface area contributed by atoms with Gasteiger partial charge in [0.25, 0.3) is 5.91 Å². The van der Waals surface area contributed by atoms with Gasteiger partial charge in [-0.15, -0.1) is 11.3 Å². The molecule has 3 N–H and O–H groups in total. The Kier molecular flexibility index (Phi) is 8.39. The number of nitrogens with one attached hydrogen (secondary N) is 2. The van der Waals surface area contributed by atoms with Crippen molar-refractivity contribution in [2.75, 3.05) is 0 Å². The summed E-state index contributed by atoms with van der Waals surface area (Å²) in [6.07, 6.45) is 10.3. The lowest BCUT2D eigenvalue weighted by Crippen LogP contribution is -2.39. The number of thiazole rings is 1. The van der Waals surface area contributed by atoms with E-state index in [-0.39, 0.29) is 17.5 Å². The van der Waals surface area contributed by atoms with Gasteiger partial charge in [-0.1, -0.05) is 38.2 Å². The molecule has 2 aliphatic carbocycles. The van der Waals surface area contributed by atoms with E-state index >= 15 is 0 Å². The minimum absolute atomic E-state index is 0.0874. The predicted octanol–water partition coefficient (Wildman–Crippen LogP) is 5.85. The van der Waals surface area contributed by atoms with Crippen molar-refractivity contribution >= 4 is 28.2 Å². The smallest absolute Gasteiger partial charge is 0.280 e. The molecule has 1 heterocycles. The lowest BCUT2D eigenvalue weighted by molar-refractivity contribution is 0.0756. The van der Waals surface area contributed by atoms with E-state index in [0.717, 1.165) is 35.4 Å². The number of hydrogen-bond acceptors (Lipinski definition) is 5. The molecule has 0 aliphatic heterocycles. The summed E-state index contributed by atoms with van der Waals surface area (Å²) in [4.78, 5) is 19.4. The zero-order chi connectivity index (χ0) is 26.1. The van der Waals surface area contributed by atoms with E-state index < -0.39 is 16.6 Å². The Bertz CT molecular complexity index is 1100. The van der Waals surface area contributed by atoms with Crippen LogP contribution in [-0.4, -0.2) is 31.8 Å². The van der Waals surface area contributed by atoms with Crippen molar-refractivity contribution in [1.29, 1.82) is 0 Å². The standard InChI is InChI=1S/C28H41N3O3S2/c1-27(2,3)31-36(34)23-15-14-19(17-21(23)28(4,5)33)24-22(16-18-10-7-6-8-11-18)30-26(35-24)25(32)29-20-12-9-13-20/h14-15,17-18,20,31,33H,6-13,16H2,1-5H3,(H,29,32). The molecule has 0 bridgehead atoms. The van der Waals surface area contributed by atoms with Crippen LogP contribution in [0.5, 0.6) is 0 Å². The van der Waals surface area contributed by atoms with Crippen molar-refractivity contribution in [1.82, 2.24) is 15.0 Å². The van der Waals surface area contributed by atoms with Crippen LogP contribution in [0.3, 0.4) is 0 Å². The number of rotatable bonds is 8. The first-order chi connectivity index (χ1) is 16.9. The van der Waals surface area contributed by atoms with E-state index in [0.29, 0.717) is 21.4 Å². The van der Waals surface area contributed by atoms with Crippen LogP contribution in [0.1, 0.15) is 107 Å². The third-order valence-electron chi connectivity index (χ3n) is 7.04. The Morgan fingerprint density at radius 1 is 1.08 bits per heavy atom. The zero-order valence-electron chi connectivity index (χ0n) is 22.3. The first-order valence-corrected chi connectivity index (χ1v) is 15.2. The molecule has 6 nitrogen and oxygen atoms in total. The summed E-state index contributed by atoms with van der Waals surface area (Å²) >= 11 is 1.43. The van der Waals surface area contributed by atoms with Crippen LogP contribution < -0.4 is 10.0 Å². The quantitative estimate of drug-likeness (QED) is 0.398. The van der Waals surface area contributed by atoms with Gasteiger partial charge >= 0.3 is 0 Å². The second-order valence-corrected chi connectivity index (χ2v) is 14.2. The molecule has 8 heteroatoms. The predicted molar refractivity (Wildman–Crippen MR) is 147 cm³/mol. The number of hydrogen-bond donors (Lipinski definition) is 3. The van der Waals surface area contributed by atoms with Gasteiger partial charge in [-0.2, -0.15) is 0 Å². The molecule has 2 aliphatic rings. The molecule has 1 aromatic heterocycles. The van der Waals surface area contributed by atoms with Gasteiger partial charge in [-0.25, -0.2) is 13.9 Å². The van der Waals surface area contributed by atoms with Crippen molar-refractivity contribution < 1.29 is 14.1 Å². The van der Waals surface area contributed by atoms with Crippen molar-refractivity contribution in [3.05, 3.63) is 34.5 Å². The van der Waals surface area contributed by atoms with Gasteiger partial charge in [0.2, 0.25) is 0 Å². The number of carbonyl (C=O) groups excluding carboxylic acids is 1. The molecule has 198 valence electrons. The van der Waals surface area contributed by atoms with E-state index in [2.05, 4.69) is 10.0 Å². The molecule has 1 aromatic carbocycles. The number of benzene rings is 1. The monoisotopic (exact) mass is 531 g/mol. The fraction of sp³-hybridized carbons (Fsp3) is 0.643. The lowest BCUT2D eigenvalue weighted by atomic mass is 9.85. The van der Waals surface area contributed by atoms with E-state index in [1.165, 1.54) is 49.9 Å². The molecule has 2 saturated carbocycles. The second-order valence-electron chi connectivity index (χ2n) is 12.0. The maximum atomic E-state index is 13.2. The lowest BCUT2D eigenvalue weighted by Gasteiger charge is -2.25. The molecule has 1 atom stereocenters. The third kappa shape index (κ3) is 6.82. The van der Waals surface area contributed by atoms with Gasteiger partial charge < -0.3 is 10.4 Å². The summed E-state index contributed by atoms with van der Waals surface area (Å²) in [5.74, 6) is 0.495. The minimum Gasteiger partial charge on any atom is -0.386 e. The second kappa shape index (κ2) is 11.0. The molecular formula is C28H41N3O3S2. The minimum atomic E-state index is -1.48. The average Bonchev–Trinajstić information content (AvgIpc) is 3.18. The normalized spacial score (nSPS) is 18.6. The molecule has 36 heavy (non-hydrogen) atoms. The SMILES string of the molecule is CC(C)(C)NS(=O)c1ccc(-c2sc(C(=O)NC3CCC3)nc2CC2CCCCC2)cc1C(C)(C)O. The largest absolute Gasteiger partial charge is 0.386 e. The topological polar surface area (TPSA) is 91.3 Å². The summed E-state index contributed by atoms with van der Waals surface area (Å²) in [5, 5.41) is 14.6. The van der Waals surface area contributed by atoms with Gasteiger partial charge in [-0.05, 0) is 83.9 Å². The first-order valence-electron chi connectivity index (χ1n) is 13.3. The Morgan fingerprint density at radius 2 is 1.78 bits per heavy atom. The number of aliphatic hydroxyl groups is 1. The van der Waals surface area contributed by atoms with Gasteiger partial charge in [0.1, 0.15) is 11.0 Å². The number of amides is 1. The van der Waals surface area contributed by atoms with Crippen molar-refractivity contribution in [3.63, 3.8) is 0 Å². The summed E-state index contributed by atoms with van der Waals surface area (Å²) < 4.78 is 16.3. The average molecular weight is 532 g/mol. The Hall–Kier alpha value is -1.61. The van der Waals surface area contributed by atoms with E-state index in [4.69, 9.17) is 4.98 Å². The Morgan fingerprint density at radius 3 is 2.36 bits per heavy atom. The van der Waals surface area contributed by atoms with Crippen molar-refractivity contribution in [3.8, 4) is 10.4 Å². The molecule has 4 rings (SSSR count). The maximum Gasteiger partial charge on any atom is 0.280 e. The molecule has 0 spiro atoms. The fourth-order valence-corrected chi connectivity index (χ4v) is 7.28. The van der Waals surface area contributed by atoms with E-state index in [1.54, 1.807) is 13.8 Å². The first kappa shape index (κ1) is 27.4. The summed E-state index contributed by atoms with van der Waals surface area (Å²) in [6, 6.07) is 6.00. The third-order valence-corrected chi connectivity index (χ3v) is 9.74. The molecule has 0 radical (unpaired) electrons. The fourth-order valence-electron chi connectivity index (χ4n) is 4.92. The summed E-state index contributed by atoms with van der Waals surface area (Å²) in [5.41, 5.74) is 0.976. The highest BCUT2D eigenvalue weighted by Crippen LogP contribution is 2.38. The highest BCUT2D eigenvalue weighted by atomic mass is 32.2. The van der Waals surface area contributed by atoms with Crippen LogP contribution in [0.15, 0.2) is 23.1 Å². The van der Waals surface area contributed by atoms with Crippen molar-refractivity contribution in [2.24, 2.45) is 5.92 Å². The van der Waals surface area contributed by atoms with Gasteiger partial charge in [0, 0.05) is 17.1 Å². The molecule has 2 aromatic rings. The molecule has 1 amide bonds. The zero-order valence-corrected chi connectivity index (χ0v) is 23.9. The van der Waals surface area contributed by atoms with Crippen molar-refractivity contribution in [2.45, 2.75) is 114 Å². The molecule has 1 unspecified atom stereocenters. The molecular weight excluding hydrogens is 490 g/mol. The Labute approximate surface area is 222 Å². The number of carbonyl (C=O) groups is 1. The van der Waals surface area contributed by atoms with Crippen LogP contribution >= 0.6 is 11.3 Å². The highest BCUT2D eigenvalue weighted by Gasteiger charge is 2.29. The van der Waals surface area contributed by atoms with Crippen LogP contribution in [0, 0.1) is 5.92 Å². The number of aromatic nitrogens is 1. The summed E-state index contributed by atoms with van der Waals surface area (Å²) in [6.45, 7) is 9.34. The summed E-state index contributed by atoms with van der Waals surface area (Å²) in [7, 11) is -1.48. The molecule has 2 fully saturated rings. The highest BCUT2D eigenvalue weighted by molar-refractivity contribution is 7.83. The van der Waals surface area contributed by atoms with E-state index in [9.17, 15) is 14.1 Å². The van der Waals surface area contributed by atoms with Crippen LogP contribution in [0.2, 0.25) is 0 Å². The van der Waals surface area contributed by atoms with Crippen LogP contribution in [0.4, 0.5) is 0 Å². The van der Waals surface area contributed by atoms with Gasteiger partial charge in [0.05, 0.1) is 21.1 Å². The van der Waals surface area contributed by atoms with Crippen LogP contribution in [-0.2, 0) is 23.0 Å². The molecule has 0 saturated heterocycles. The maximum absolute atomic E-state index is 13.2. The number of nitrogens with zero attached hydrogens (tertiary/aromatic N) is 1. The van der Waals surface area contributed by atoms with E-state index in [1.807, 2.05) is 39.0 Å².